The lowest BCUT2D eigenvalue weighted by Crippen LogP contribution is -2.41. The molecule has 1 N–H and O–H groups in total. The number of rotatable bonds is 35. The Hall–Kier alpha value is -0.790. The Bertz CT molecular complexity index is 679. The third kappa shape index (κ3) is 23.5. The van der Waals surface area contributed by atoms with E-state index in [2.05, 4.69) is 49.6 Å². The highest BCUT2D eigenvalue weighted by Crippen LogP contribution is 2.27. The van der Waals surface area contributed by atoms with Gasteiger partial charge in [-0.15, -0.1) is 0 Å². The molecule has 0 saturated heterocycles. The number of aromatic amines is 1. The van der Waals surface area contributed by atoms with Crippen molar-refractivity contribution >= 4 is 0 Å². The summed E-state index contributed by atoms with van der Waals surface area (Å²) in [5.74, 6) is 2.25. The molecule has 0 aliphatic heterocycles. The van der Waals surface area contributed by atoms with Gasteiger partial charge in [0.1, 0.15) is 12.4 Å². The molecule has 1 aromatic rings. The van der Waals surface area contributed by atoms with Crippen LogP contribution in [0.4, 0.5) is 0 Å². The number of unbranched alkanes of at least 4 members (excludes halogenated alkanes) is 27. The van der Waals surface area contributed by atoms with E-state index in [1.807, 2.05) is 0 Å². The van der Waals surface area contributed by atoms with E-state index in [-0.39, 0.29) is 0 Å². The number of nitrogens with one attached hydrogen (secondary N) is 1. The summed E-state index contributed by atoms with van der Waals surface area (Å²) >= 11 is 0. The average Bonchev–Trinajstić information content (AvgIpc) is 3.52. The zero-order valence-electron chi connectivity index (χ0n) is 31.1. The third-order valence-corrected chi connectivity index (χ3v) is 10.4. The van der Waals surface area contributed by atoms with E-state index in [1.165, 1.54) is 218 Å². The molecule has 1 aromatic heterocycles. The number of aromatic nitrogens is 2. The second-order valence-electron chi connectivity index (χ2n) is 14.7. The highest BCUT2D eigenvalue weighted by molar-refractivity contribution is 4.90. The molecule has 0 aliphatic carbocycles. The second kappa shape index (κ2) is 32.2. The van der Waals surface area contributed by atoms with Gasteiger partial charge in [-0.05, 0) is 32.6 Å². The Morgan fingerprint density at radius 2 is 0.727 bits per heavy atom. The third-order valence-electron chi connectivity index (χ3n) is 10.4. The van der Waals surface area contributed by atoms with Crippen molar-refractivity contribution in [1.82, 2.24) is 4.98 Å². The van der Waals surface area contributed by atoms with Crippen LogP contribution in [0.25, 0.3) is 0 Å². The van der Waals surface area contributed by atoms with Gasteiger partial charge in [0.15, 0.2) is 0 Å². The van der Waals surface area contributed by atoms with Gasteiger partial charge in [0.2, 0.25) is 0 Å². The zero-order valence-corrected chi connectivity index (χ0v) is 31.1. The first-order valence-electron chi connectivity index (χ1n) is 20.8. The Kier molecular flexibility index (Phi) is 30.1. The van der Waals surface area contributed by atoms with Gasteiger partial charge < -0.3 is 0 Å². The maximum atomic E-state index is 3.75. The quantitative estimate of drug-likeness (QED) is 0.0579. The summed E-state index contributed by atoms with van der Waals surface area (Å²) in [6.07, 6.45) is 51.7. The van der Waals surface area contributed by atoms with Gasteiger partial charge in [0.05, 0.1) is 12.0 Å². The molecule has 2 heteroatoms. The fourth-order valence-electron chi connectivity index (χ4n) is 7.31. The number of hydrogen-bond acceptors (Lipinski definition) is 0. The fraction of sp³-hybridized carbons (Fsp3) is 0.929. The van der Waals surface area contributed by atoms with Crippen LogP contribution in [0, 0.1) is 0 Å². The standard InChI is InChI=1S/C42H82N2/c1-5-8-11-14-16-18-20-22-24-26-28-31-34-37-41(36-33-30-27-25-23-21-19-17-15-12-9-6-2)42-43-38-39-44(42)40(4)35-32-29-13-10-7-3/h38-41H,5-37H2,1-4H3/p+1. The molecule has 2 nitrogen and oxygen atoms in total. The van der Waals surface area contributed by atoms with E-state index >= 15 is 0 Å². The van der Waals surface area contributed by atoms with Crippen LogP contribution >= 0.6 is 0 Å². The first-order valence-corrected chi connectivity index (χ1v) is 20.8. The Labute approximate surface area is 278 Å². The summed E-state index contributed by atoms with van der Waals surface area (Å²) in [4.78, 5) is 3.75. The second-order valence-corrected chi connectivity index (χ2v) is 14.7. The van der Waals surface area contributed by atoms with Crippen LogP contribution in [0.15, 0.2) is 12.4 Å². The minimum atomic E-state index is 0.619. The van der Waals surface area contributed by atoms with Crippen LogP contribution in [0.1, 0.15) is 257 Å². The number of H-pyrrole nitrogens is 1. The van der Waals surface area contributed by atoms with Crippen molar-refractivity contribution in [1.29, 1.82) is 0 Å². The Balaban J connectivity index is 2.37. The van der Waals surface area contributed by atoms with E-state index in [0.29, 0.717) is 12.0 Å². The summed E-state index contributed by atoms with van der Waals surface area (Å²) in [7, 11) is 0. The van der Waals surface area contributed by atoms with Gasteiger partial charge >= 0.3 is 0 Å². The van der Waals surface area contributed by atoms with Crippen LogP contribution < -0.4 is 4.57 Å². The molecule has 2 atom stereocenters. The fourth-order valence-corrected chi connectivity index (χ4v) is 7.31. The molecule has 1 heterocycles. The largest absolute Gasteiger partial charge is 0.257 e. The van der Waals surface area contributed by atoms with E-state index < -0.39 is 0 Å². The van der Waals surface area contributed by atoms with E-state index in [9.17, 15) is 0 Å². The molecule has 0 amide bonds. The van der Waals surface area contributed by atoms with Gasteiger partial charge in [0.25, 0.3) is 5.82 Å². The highest BCUT2D eigenvalue weighted by atomic mass is 15.1. The van der Waals surface area contributed by atoms with Crippen molar-refractivity contribution in [2.45, 2.75) is 252 Å². The van der Waals surface area contributed by atoms with Crippen molar-refractivity contribution in [3.8, 4) is 0 Å². The van der Waals surface area contributed by atoms with E-state index in [0.717, 1.165) is 0 Å². The Morgan fingerprint density at radius 1 is 0.432 bits per heavy atom. The van der Waals surface area contributed by atoms with Crippen LogP contribution in [0.2, 0.25) is 0 Å². The topological polar surface area (TPSA) is 19.7 Å². The first kappa shape index (κ1) is 41.2. The maximum absolute atomic E-state index is 3.75. The van der Waals surface area contributed by atoms with Crippen molar-refractivity contribution in [2.24, 2.45) is 0 Å². The molecule has 0 fully saturated rings. The predicted octanol–water partition coefficient (Wildman–Crippen LogP) is 14.9. The molecule has 0 saturated carbocycles. The number of nitrogens with zero attached hydrogens (tertiary/aromatic N) is 1. The molecule has 1 rings (SSSR count). The van der Waals surface area contributed by atoms with Crippen molar-refractivity contribution in [3.05, 3.63) is 18.2 Å². The minimum absolute atomic E-state index is 0.619. The first-order chi connectivity index (χ1) is 21.7. The van der Waals surface area contributed by atoms with Crippen LogP contribution in [-0.2, 0) is 0 Å². The minimum Gasteiger partial charge on any atom is -0.247 e. The van der Waals surface area contributed by atoms with Gasteiger partial charge in [-0.1, -0.05) is 207 Å². The van der Waals surface area contributed by atoms with Crippen molar-refractivity contribution < 1.29 is 4.57 Å². The molecule has 44 heavy (non-hydrogen) atoms. The monoisotopic (exact) mass is 616 g/mol. The molecule has 0 aromatic carbocycles. The van der Waals surface area contributed by atoms with Gasteiger partial charge in [0, 0.05) is 0 Å². The van der Waals surface area contributed by atoms with E-state index in [1.54, 1.807) is 0 Å². The SMILES string of the molecule is CCCCCCCCCCCCCCCC(CCCCCCCCCCCCCC)c1[nH]cc[n+]1C(C)CCCCCCC. The molecular formula is C42H83N2+. The predicted molar refractivity (Wildman–Crippen MR) is 198 cm³/mol. The number of hydrogen-bond donors (Lipinski definition) is 1. The van der Waals surface area contributed by atoms with Crippen molar-refractivity contribution in [2.75, 3.05) is 0 Å². The molecule has 0 aliphatic rings. The zero-order chi connectivity index (χ0) is 31.8. The van der Waals surface area contributed by atoms with E-state index in [4.69, 9.17) is 0 Å². The maximum Gasteiger partial charge on any atom is 0.257 e. The molecule has 0 bridgehead atoms. The van der Waals surface area contributed by atoms with Gasteiger partial charge in [-0.3, -0.25) is 0 Å². The van der Waals surface area contributed by atoms with Gasteiger partial charge in [-0.25, -0.2) is 9.55 Å². The smallest absolute Gasteiger partial charge is 0.247 e. The van der Waals surface area contributed by atoms with Crippen LogP contribution in [0.3, 0.4) is 0 Å². The lowest BCUT2D eigenvalue weighted by molar-refractivity contribution is -0.727. The summed E-state index contributed by atoms with van der Waals surface area (Å²) in [5.41, 5.74) is 0. The summed E-state index contributed by atoms with van der Waals surface area (Å²) in [6, 6.07) is 0.619. The normalized spacial score (nSPS) is 13.1. The van der Waals surface area contributed by atoms with Crippen LogP contribution in [0.5, 0.6) is 0 Å². The molecule has 260 valence electrons. The molecule has 0 spiro atoms. The summed E-state index contributed by atoms with van der Waals surface area (Å²) in [6.45, 7) is 9.41. The lowest BCUT2D eigenvalue weighted by atomic mass is 9.92. The molecule has 2 unspecified atom stereocenters. The highest BCUT2D eigenvalue weighted by Gasteiger charge is 2.25. The van der Waals surface area contributed by atoms with Crippen LogP contribution in [-0.4, -0.2) is 4.98 Å². The Morgan fingerprint density at radius 3 is 1.07 bits per heavy atom. The molecule has 0 radical (unpaired) electrons. The average molecular weight is 616 g/mol. The molecular weight excluding hydrogens is 532 g/mol. The summed E-state index contributed by atoms with van der Waals surface area (Å²) in [5, 5.41) is 0. The lowest BCUT2D eigenvalue weighted by Gasteiger charge is -2.17. The summed E-state index contributed by atoms with van der Waals surface area (Å²) < 4.78 is 2.63. The van der Waals surface area contributed by atoms with Gasteiger partial charge in [-0.2, -0.15) is 0 Å². The number of imidazole rings is 1. The van der Waals surface area contributed by atoms with Crippen molar-refractivity contribution in [3.63, 3.8) is 0 Å².